The molecule has 12 heavy (non-hydrogen) atoms. The van der Waals surface area contributed by atoms with Gasteiger partial charge in [-0.3, -0.25) is 0 Å². The van der Waals surface area contributed by atoms with Gasteiger partial charge >= 0.3 is 0 Å². The van der Waals surface area contributed by atoms with E-state index in [4.69, 9.17) is 25.5 Å². The molecule has 1 aliphatic heterocycles. The fraction of sp³-hybridized carbons (Fsp3) is 1.00. The largest absolute Gasteiger partial charge is 0.394 e. The normalized spacial score (nSPS) is 49.2. The number of rotatable bonds is 1. The summed E-state index contributed by atoms with van der Waals surface area (Å²) in [5.74, 6) is 0. The average molecular weight is 181 g/mol. The molecule has 0 spiro atoms. The fourth-order valence-electron chi connectivity index (χ4n) is 1.08. The first-order chi connectivity index (χ1) is 5.57. The summed E-state index contributed by atoms with van der Waals surface area (Å²) in [5.41, 5.74) is 0. The maximum atomic E-state index is 9.12. The van der Waals surface area contributed by atoms with Gasteiger partial charge in [0.25, 0.3) is 0 Å². The summed E-state index contributed by atoms with van der Waals surface area (Å²) in [6.07, 6.45) is -7.04. The lowest BCUT2D eigenvalue weighted by atomic mass is 10.0. The Morgan fingerprint density at radius 1 is 0.917 bits per heavy atom. The van der Waals surface area contributed by atoms with Crippen LogP contribution < -0.4 is 0 Å². The van der Waals surface area contributed by atoms with Crippen molar-refractivity contribution in [3.05, 3.63) is 0 Å². The lowest BCUT2D eigenvalue weighted by molar-refractivity contribution is -0.286. The van der Waals surface area contributed by atoms with Gasteiger partial charge in [0.05, 0.1) is 6.61 Å². The molecule has 0 aromatic rings. The van der Waals surface area contributed by atoms with Gasteiger partial charge in [-0.2, -0.15) is 0 Å². The van der Waals surface area contributed by atoms with Crippen LogP contribution in [0.1, 0.15) is 0 Å². The predicted molar refractivity (Wildman–Crippen MR) is 36.0 cm³/mol. The van der Waals surface area contributed by atoms with Crippen LogP contribution in [-0.4, -0.2) is 62.8 Å². The Hall–Kier alpha value is -0.240. The highest BCUT2D eigenvalue weighted by Crippen LogP contribution is 2.18. The van der Waals surface area contributed by atoms with E-state index in [-0.39, 0.29) is 0 Å². The van der Waals surface area contributed by atoms with Gasteiger partial charge in [0, 0.05) is 0 Å². The highest BCUT2D eigenvalue weighted by molar-refractivity contribution is 4.87. The zero-order valence-electron chi connectivity index (χ0n) is 6.24. The molecule has 1 heterocycles. The molecule has 0 aromatic carbocycles. The van der Waals surface area contributed by atoms with Crippen LogP contribution in [0.25, 0.3) is 0 Å². The van der Waals surface area contributed by atoms with Gasteiger partial charge in [-0.25, -0.2) is 0 Å². The van der Waals surface area contributed by atoms with Crippen molar-refractivity contribution in [2.75, 3.05) is 6.61 Å². The van der Waals surface area contributed by atoms with Gasteiger partial charge in [0.2, 0.25) is 0 Å². The van der Waals surface area contributed by atoms with Gasteiger partial charge < -0.3 is 30.3 Å². The molecule has 0 aromatic heterocycles. The van der Waals surface area contributed by atoms with Gasteiger partial charge in [-0.05, 0) is 0 Å². The zero-order valence-corrected chi connectivity index (χ0v) is 6.24. The molecule has 1 fully saturated rings. The van der Waals surface area contributed by atoms with Gasteiger partial charge in [0.1, 0.15) is 24.4 Å². The van der Waals surface area contributed by atoms with Gasteiger partial charge in [-0.15, -0.1) is 0 Å². The smallest absolute Gasteiger partial charge is 0.184 e. The monoisotopic (exact) mass is 181 g/mol. The van der Waals surface area contributed by atoms with Crippen LogP contribution in [0.3, 0.4) is 0 Å². The molecule has 1 saturated heterocycles. The highest BCUT2D eigenvalue weighted by atomic mass is 16.7. The van der Waals surface area contributed by atoms with Crippen molar-refractivity contribution in [2.24, 2.45) is 0 Å². The highest BCUT2D eigenvalue weighted by Gasteiger charge is 2.42. The number of aliphatic hydroxyl groups is 5. The maximum Gasteiger partial charge on any atom is 0.184 e. The fourth-order valence-corrected chi connectivity index (χ4v) is 1.08. The van der Waals surface area contributed by atoms with E-state index in [1.165, 1.54) is 0 Å². The summed E-state index contributed by atoms with van der Waals surface area (Å²) in [5, 5.41) is 44.7. The van der Waals surface area contributed by atoms with E-state index in [1.54, 1.807) is 0 Å². The summed E-state index contributed by atoms with van der Waals surface area (Å²) in [6, 6.07) is 0. The summed E-state index contributed by atoms with van der Waals surface area (Å²) < 4.78 is 4.58. The second-order valence-corrected chi connectivity index (χ2v) is 2.72. The third-order valence-corrected chi connectivity index (χ3v) is 1.87. The molecule has 6 heteroatoms. The first-order valence-corrected chi connectivity index (χ1v) is 3.56. The third kappa shape index (κ3) is 1.58. The summed E-state index contributed by atoms with van der Waals surface area (Å²) in [7, 11) is 0. The van der Waals surface area contributed by atoms with Crippen molar-refractivity contribution in [2.45, 2.75) is 30.7 Å². The minimum absolute atomic E-state index is 0.526. The van der Waals surface area contributed by atoms with Crippen molar-refractivity contribution in [3.8, 4) is 0 Å². The van der Waals surface area contributed by atoms with Crippen LogP contribution in [0.2, 0.25) is 0 Å². The van der Waals surface area contributed by atoms with Crippen molar-refractivity contribution < 1.29 is 30.3 Å². The molecule has 1 aliphatic rings. The van der Waals surface area contributed by atoms with Gasteiger partial charge in [-0.1, -0.05) is 0 Å². The molecule has 0 amide bonds. The van der Waals surface area contributed by atoms with Crippen molar-refractivity contribution in [1.29, 1.82) is 0 Å². The molecule has 72 valence electrons. The topological polar surface area (TPSA) is 110 Å². The molecule has 6 nitrogen and oxygen atoms in total. The van der Waals surface area contributed by atoms with Crippen LogP contribution >= 0.6 is 0 Å². The Morgan fingerprint density at radius 3 is 2.00 bits per heavy atom. The predicted octanol–water partition coefficient (Wildman–Crippen LogP) is -3.22. The second kappa shape index (κ2) is 3.65. The van der Waals surface area contributed by atoms with E-state index in [1.807, 2.05) is 0 Å². The van der Waals surface area contributed by atoms with Crippen LogP contribution in [0.5, 0.6) is 0 Å². The molecule has 0 bridgehead atoms. The second-order valence-electron chi connectivity index (χ2n) is 2.72. The van der Waals surface area contributed by atoms with E-state index in [2.05, 4.69) is 4.74 Å². The first-order valence-electron chi connectivity index (χ1n) is 3.56. The van der Waals surface area contributed by atoms with Crippen molar-refractivity contribution >= 4 is 0 Å². The molecule has 0 saturated carbocycles. The van der Waals surface area contributed by atoms with Crippen molar-refractivity contribution in [3.63, 3.8) is 0 Å². The number of hydrogen-bond acceptors (Lipinski definition) is 6. The molecule has 1 unspecified atom stereocenters. The maximum absolute atomic E-state index is 9.12. The van der Waals surface area contributed by atoms with E-state index in [9.17, 15) is 0 Å². The standard InChI is InChI=1S/C6H12O6/c7-1-2-3(8)4(9)5(10)6(11)12-2/h2-11H,1H2/t2-,3+,4+,5-,6?/m1/s1/i6+1. The molecule has 0 radical (unpaired) electrons. The van der Waals surface area contributed by atoms with Crippen LogP contribution in [-0.2, 0) is 4.74 Å². The molecular formula is C6H12O6. The average Bonchev–Trinajstić information content (AvgIpc) is 2.08. The first kappa shape index (κ1) is 9.85. The quantitative estimate of drug-likeness (QED) is 0.272. The van der Waals surface area contributed by atoms with Crippen LogP contribution in [0, 0.1) is 0 Å². The number of ether oxygens (including phenoxy) is 1. The van der Waals surface area contributed by atoms with E-state index >= 15 is 0 Å². The summed E-state index contributed by atoms with van der Waals surface area (Å²) in [6.45, 7) is -0.526. The number of hydrogen-bond donors (Lipinski definition) is 5. The Labute approximate surface area is 68.6 Å². The summed E-state index contributed by atoms with van der Waals surface area (Å²) in [4.78, 5) is 0. The minimum atomic E-state index is -1.57. The Bertz CT molecular complexity index is 146. The molecular weight excluding hydrogens is 169 g/mol. The van der Waals surface area contributed by atoms with Crippen LogP contribution in [0.4, 0.5) is 0 Å². The third-order valence-electron chi connectivity index (χ3n) is 1.87. The SMILES string of the molecule is OC[C@H]1O[13CH](O)[C@H](O)[C@@H](O)[C@H]1O. The van der Waals surface area contributed by atoms with E-state index < -0.39 is 37.3 Å². The molecule has 5 N–H and O–H groups in total. The Kier molecular flexibility index (Phi) is 2.99. The Morgan fingerprint density at radius 2 is 1.50 bits per heavy atom. The summed E-state index contributed by atoms with van der Waals surface area (Å²) >= 11 is 0. The zero-order chi connectivity index (χ0) is 9.30. The molecule has 1 rings (SSSR count). The lowest BCUT2D eigenvalue weighted by Gasteiger charge is -2.37. The van der Waals surface area contributed by atoms with Crippen LogP contribution in [0.15, 0.2) is 0 Å². The Balaban J connectivity index is 2.63. The number of aliphatic hydroxyl groups excluding tert-OH is 5. The molecule has 0 aliphatic carbocycles. The van der Waals surface area contributed by atoms with Gasteiger partial charge in [0.15, 0.2) is 6.29 Å². The molecule has 5 atom stereocenters. The van der Waals surface area contributed by atoms with E-state index in [0.717, 1.165) is 0 Å². The van der Waals surface area contributed by atoms with E-state index in [0.29, 0.717) is 0 Å². The van der Waals surface area contributed by atoms with Crippen molar-refractivity contribution in [1.82, 2.24) is 0 Å². The minimum Gasteiger partial charge on any atom is -0.394 e. The lowest BCUT2D eigenvalue weighted by Crippen LogP contribution is -2.58.